The third kappa shape index (κ3) is 3.70. The lowest BCUT2D eigenvalue weighted by Crippen LogP contribution is -2.32. The van der Waals surface area contributed by atoms with Crippen molar-refractivity contribution in [2.75, 3.05) is 13.1 Å². The standard InChI is InChI=1S/C15H15F3N4O.ClH/c16-15(17,18)10-2-1-3-12(8-10)22-7-5-13(20-22)14(23)21-6-4-11(19)9-21;/h1-3,5,7-8,11H,4,6,9,19H2;1H. The number of nitrogens with zero attached hydrogens (tertiary/aromatic N) is 3. The topological polar surface area (TPSA) is 64.2 Å². The Morgan fingerprint density at radius 2 is 2.04 bits per heavy atom. The molecule has 1 amide bonds. The normalized spacial score (nSPS) is 17.7. The molecule has 0 bridgehead atoms. The third-order valence-electron chi connectivity index (χ3n) is 3.76. The Hall–Kier alpha value is -2.06. The van der Waals surface area contributed by atoms with Crippen molar-refractivity contribution >= 4 is 18.3 Å². The van der Waals surface area contributed by atoms with Crippen LogP contribution in [0.25, 0.3) is 5.69 Å². The van der Waals surface area contributed by atoms with Gasteiger partial charge in [-0.3, -0.25) is 4.79 Å². The highest BCUT2D eigenvalue weighted by Crippen LogP contribution is 2.30. The maximum absolute atomic E-state index is 12.8. The van der Waals surface area contributed by atoms with Crippen LogP contribution >= 0.6 is 12.4 Å². The number of likely N-dealkylation sites (tertiary alicyclic amines) is 1. The Bertz CT molecular complexity index is 732. The van der Waals surface area contributed by atoms with E-state index in [0.717, 1.165) is 18.6 Å². The lowest BCUT2D eigenvalue weighted by Gasteiger charge is -2.13. The molecule has 2 N–H and O–H groups in total. The van der Waals surface area contributed by atoms with Gasteiger partial charge in [0, 0.05) is 25.3 Å². The highest BCUT2D eigenvalue weighted by atomic mass is 35.5. The van der Waals surface area contributed by atoms with Crippen LogP contribution in [0.2, 0.25) is 0 Å². The van der Waals surface area contributed by atoms with Crippen molar-refractivity contribution in [3.63, 3.8) is 0 Å². The van der Waals surface area contributed by atoms with Gasteiger partial charge in [0.05, 0.1) is 11.3 Å². The molecule has 5 nitrogen and oxygen atoms in total. The summed E-state index contributed by atoms with van der Waals surface area (Å²) in [5.74, 6) is -0.260. The fourth-order valence-corrected chi connectivity index (χ4v) is 2.54. The SMILES string of the molecule is Cl.NC1CCN(C(=O)c2ccn(-c3cccc(C(F)(F)F)c3)n2)C1. The number of amides is 1. The minimum atomic E-state index is -4.42. The van der Waals surface area contributed by atoms with E-state index in [1.54, 1.807) is 4.90 Å². The minimum Gasteiger partial charge on any atom is -0.336 e. The van der Waals surface area contributed by atoms with E-state index >= 15 is 0 Å². The van der Waals surface area contributed by atoms with Crippen LogP contribution in [0, 0.1) is 0 Å². The van der Waals surface area contributed by atoms with Crippen molar-refractivity contribution in [3.8, 4) is 5.69 Å². The lowest BCUT2D eigenvalue weighted by atomic mass is 10.2. The number of rotatable bonds is 2. The number of hydrogen-bond donors (Lipinski definition) is 1. The van der Waals surface area contributed by atoms with E-state index in [9.17, 15) is 18.0 Å². The van der Waals surface area contributed by atoms with Crippen molar-refractivity contribution in [1.29, 1.82) is 0 Å². The van der Waals surface area contributed by atoms with E-state index in [1.165, 1.54) is 29.1 Å². The molecule has 0 radical (unpaired) electrons. The highest BCUT2D eigenvalue weighted by Gasteiger charge is 2.31. The summed E-state index contributed by atoms with van der Waals surface area (Å²) in [6, 6.07) is 6.25. The predicted molar refractivity (Wildman–Crippen MR) is 84.3 cm³/mol. The molecule has 1 aromatic carbocycles. The first-order valence-electron chi connectivity index (χ1n) is 7.13. The Kier molecular flexibility index (Phi) is 5.19. The van der Waals surface area contributed by atoms with Gasteiger partial charge in [-0.05, 0) is 30.7 Å². The molecule has 3 rings (SSSR count). The van der Waals surface area contributed by atoms with Gasteiger partial charge in [-0.25, -0.2) is 4.68 Å². The van der Waals surface area contributed by atoms with Crippen LogP contribution in [0.4, 0.5) is 13.2 Å². The number of hydrogen-bond acceptors (Lipinski definition) is 3. The van der Waals surface area contributed by atoms with E-state index in [0.29, 0.717) is 13.1 Å². The predicted octanol–water partition coefficient (Wildman–Crippen LogP) is 2.49. The van der Waals surface area contributed by atoms with E-state index in [2.05, 4.69) is 5.10 Å². The van der Waals surface area contributed by atoms with Crippen LogP contribution < -0.4 is 5.73 Å². The Morgan fingerprint density at radius 3 is 2.67 bits per heavy atom. The molecule has 0 saturated carbocycles. The van der Waals surface area contributed by atoms with Crippen molar-refractivity contribution in [1.82, 2.24) is 14.7 Å². The third-order valence-corrected chi connectivity index (χ3v) is 3.76. The Balaban J connectivity index is 0.00000208. The molecule has 1 fully saturated rings. The summed E-state index contributed by atoms with van der Waals surface area (Å²) >= 11 is 0. The number of aromatic nitrogens is 2. The van der Waals surface area contributed by atoms with Crippen molar-refractivity contribution in [2.45, 2.75) is 18.6 Å². The number of benzene rings is 1. The molecule has 24 heavy (non-hydrogen) atoms. The van der Waals surface area contributed by atoms with Crippen LogP contribution in [-0.2, 0) is 6.18 Å². The maximum Gasteiger partial charge on any atom is 0.416 e. The average Bonchev–Trinajstić information content (AvgIpc) is 3.15. The monoisotopic (exact) mass is 360 g/mol. The lowest BCUT2D eigenvalue weighted by molar-refractivity contribution is -0.137. The molecule has 1 aliphatic heterocycles. The number of carbonyl (C=O) groups is 1. The summed E-state index contributed by atoms with van der Waals surface area (Å²) in [4.78, 5) is 13.9. The zero-order valence-electron chi connectivity index (χ0n) is 12.5. The second kappa shape index (κ2) is 6.82. The van der Waals surface area contributed by atoms with Gasteiger partial charge in [-0.15, -0.1) is 12.4 Å². The summed E-state index contributed by atoms with van der Waals surface area (Å²) in [6.07, 6.45) is -2.22. The van der Waals surface area contributed by atoms with E-state index in [4.69, 9.17) is 5.73 Å². The van der Waals surface area contributed by atoms with Gasteiger partial charge >= 0.3 is 6.18 Å². The molecular formula is C15H16ClF3N4O. The van der Waals surface area contributed by atoms with E-state index in [-0.39, 0.29) is 35.7 Å². The summed E-state index contributed by atoms with van der Waals surface area (Å²) in [5, 5.41) is 4.09. The number of carbonyl (C=O) groups excluding carboxylic acids is 1. The Morgan fingerprint density at radius 1 is 1.29 bits per heavy atom. The second-order valence-corrected chi connectivity index (χ2v) is 5.49. The quantitative estimate of drug-likeness (QED) is 0.895. The molecule has 1 atom stereocenters. The van der Waals surface area contributed by atoms with Crippen LogP contribution in [-0.4, -0.2) is 39.7 Å². The number of alkyl halides is 3. The first-order valence-corrected chi connectivity index (χ1v) is 7.13. The molecule has 1 aliphatic rings. The molecule has 0 spiro atoms. The van der Waals surface area contributed by atoms with Crippen molar-refractivity contribution < 1.29 is 18.0 Å². The molecule has 130 valence electrons. The molecule has 1 unspecified atom stereocenters. The number of nitrogens with two attached hydrogens (primary N) is 1. The van der Waals surface area contributed by atoms with Gasteiger partial charge in [0.25, 0.3) is 5.91 Å². The first-order chi connectivity index (χ1) is 10.8. The van der Waals surface area contributed by atoms with E-state index in [1.807, 2.05) is 0 Å². The molecule has 0 aliphatic carbocycles. The van der Waals surface area contributed by atoms with Gasteiger partial charge in [0.15, 0.2) is 5.69 Å². The van der Waals surface area contributed by atoms with Crippen molar-refractivity contribution in [3.05, 3.63) is 47.8 Å². The minimum absolute atomic E-state index is 0. The van der Waals surface area contributed by atoms with Crippen molar-refractivity contribution in [2.24, 2.45) is 5.73 Å². The van der Waals surface area contributed by atoms with Crippen LogP contribution in [0.15, 0.2) is 36.5 Å². The van der Waals surface area contributed by atoms with Crippen LogP contribution in [0.3, 0.4) is 0 Å². The van der Waals surface area contributed by atoms with Crippen LogP contribution in [0.1, 0.15) is 22.5 Å². The van der Waals surface area contributed by atoms with E-state index < -0.39 is 11.7 Å². The highest BCUT2D eigenvalue weighted by molar-refractivity contribution is 5.92. The molecular weight excluding hydrogens is 345 g/mol. The molecule has 1 saturated heterocycles. The fraction of sp³-hybridized carbons (Fsp3) is 0.333. The van der Waals surface area contributed by atoms with Gasteiger partial charge in [-0.2, -0.15) is 18.3 Å². The van der Waals surface area contributed by atoms with Gasteiger partial charge in [-0.1, -0.05) is 6.07 Å². The molecule has 2 heterocycles. The smallest absolute Gasteiger partial charge is 0.336 e. The number of halogens is 4. The molecule has 2 aromatic rings. The van der Waals surface area contributed by atoms with Gasteiger partial charge in [0.2, 0.25) is 0 Å². The van der Waals surface area contributed by atoms with Gasteiger partial charge < -0.3 is 10.6 Å². The average molecular weight is 361 g/mol. The summed E-state index contributed by atoms with van der Waals surface area (Å²) in [6.45, 7) is 1.03. The molecule has 1 aromatic heterocycles. The van der Waals surface area contributed by atoms with Gasteiger partial charge in [0.1, 0.15) is 0 Å². The maximum atomic E-state index is 12.8. The summed E-state index contributed by atoms with van der Waals surface area (Å²) < 4.78 is 39.5. The van der Waals surface area contributed by atoms with Crippen LogP contribution in [0.5, 0.6) is 0 Å². The molecule has 9 heteroatoms. The summed E-state index contributed by atoms with van der Waals surface area (Å²) in [5.41, 5.74) is 5.45. The second-order valence-electron chi connectivity index (χ2n) is 5.49. The fourth-order valence-electron chi connectivity index (χ4n) is 2.54. The Labute approximate surface area is 142 Å². The summed E-state index contributed by atoms with van der Waals surface area (Å²) in [7, 11) is 0. The largest absolute Gasteiger partial charge is 0.416 e. The zero-order chi connectivity index (χ0) is 16.6. The first kappa shape index (κ1) is 18.3. The zero-order valence-corrected chi connectivity index (χ0v) is 13.3.